The second kappa shape index (κ2) is 11.3. The highest BCUT2D eigenvalue weighted by Gasteiger charge is 2.21. The number of carbonyl (C=O) groups excluding carboxylic acids is 2. The summed E-state index contributed by atoms with van der Waals surface area (Å²) in [5, 5.41) is 6.48. The number of hydrogen-bond donors (Lipinski definition) is 2. The fourth-order valence-corrected chi connectivity index (χ4v) is 4.55. The van der Waals surface area contributed by atoms with Crippen molar-refractivity contribution in [3.8, 4) is 0 Å². The number of halogens is 1. The molecule has 3 aromatic rings. The Labute approximate surface area is 206 Å². The zero-order valence-electron chi connectivity index (χ0n) is 19.4. The molecule has 0 saturated carbocycles. The number of carbonyl (C=O) groups is 2. The molecule has 2 amide bonds. The Morgan fingerprint density at radius 3 is 2.32 bits per heavy atom. The van der Waals surface area contributed by atoms with Crippen molar-refractivity contribution >= 4 is 29.1 Å². The van der Waals surface area contributed by atoms with Crippen molar-refractivity contribution in [2.24, 2.45) is 0 Å². The summed E-state index contributed by atoms with van der Waals surface area (Å²) in [6.07, 6.45) is 2.26. The lowest BCUT2D eigenvalue weighted by atomic mass is 9.88. The van der Waals surface area contributed by atoms with E-state index in [0.717, 1.165) is 43.1 Å². The van der Waals surface area contributed by atoms with E-state index in [4.69, 9.17) is 11.6 Å². The van der Waals surface area contributed by atoms with E-state index in [2.05, 4.69) is 51.9 Å². The summed E-state index contributed by atoms with van der Waals surface area (Å²) in [5.41, 5.74) is 4.99. The SMILES string of the molecule is CC(=O)Nc1ccc(C(=O)NCc2cccc(C3CCN(Cc4ccc(Cl)cc4)CC3)c2)cc1. The molecule has 5 nitrogen and oxygen atoms in total. The van der Waals surface area contributed by atoms with E-state index in [1.165, 1.54) is 18.1 Å². The van der Waals surface area contributed by atoms with Gasteiger partial charge in [-0.1, -0.05) is 48.0 Å². The summed E-state index contributed by atoms with van der Waals surface area (Å²) in [7, 11) is 0. The van der Waals surface area contributed by atoms with Gasteiger partial charge in [-0.3, -0.25) is 14.5 Å². The van der Waals surface area contributed by atoms with Crippen molar-refractivity contribution in [1.29, 1.82) is 0 Å². The minimum Gasteiger partial charge on any atom is -0.348 e. The molecule has 0 radical (unpaired) electrons. The van der Waals surface area contributed by atoms with Gasteiger partial charge in [-0.25, -0.2) is 0 Å². The smallest absolute Gasteiger partial charge is 0.251 e. The molecule has 1 heterocycles. The Bertz CT molecular complexity index is 1120. The van der Waals surface area contributed by atoms with E-state index in [1.807, 2.05) is 12.1 Å². The molecule has 3 aromatic carbocycles. The van der Waals surface area contributed by atoms with Gasteiger partial charge in [-0.2, -0.15) is 0 Å². The predicted molar refractivity (Wildman–Crippen MR) is 137 cm³/mol. The van der Waals surface area contributed by atoms with Crippen molar-refractivity contribution in [1.82, 2.24) is 10.2 Å². The van der Waals surface area contributed by atoms with E-state index in [0.29, 0.717) is 23.7 Å². The number of amides is 2. The third kappa shape index (κ3) is 6.69. The summed E-state index contributed by atoms with van der Waals surface area (Å²) in [6.45, 7) is 5.04. The molecule has 176 valence electrons. The largest absolute Gasteiger partial charge is 0.348 e. The number of nitrogens with one attached hydrogen (secondary N) is 2. The van der Waals surface area contributed by atoms with Crippen LogP contribution in [0, 0.1) is 0 Å². The molecule has 0 bridgehead atoms. The van der Waals surface area contributed by atoms with Gasteiger partial charge in [0.1, 0.15) is 0 Å². The van der Waals surface area contributed by atoms with Crippen LogP contribution in [0.3, 0.4) is 0 Å². The molecular weight excluding hydrogens is 446 g/mol. The van der Waals surface area contributed by atoms with Gasteiger partial charge in [0.05, 0.1) is 0 Å². The zero-order valence-corrected chi connectivity index (χ0v) is 20.1. The van der Waals surface area contributed by atoms with Crippen LogP contribution >= 0.6 is 11.6 Å². The van der Waals surface area contributed by atoms with Crippen molar-refractivity contribution in [2.75, 3.05) is 18.4 Å². The molecule has 0 atom stereocenters. The molecule has 2 N–H and O–H groups in total. The fourth-order valence-electron chi connectivity index (χ4n) is 4.42. The van der Waals surface area contributed by atoms with Gasteiger partial charge in [0, 0.05) is 36.3 Å². The first-order chi connectivity index (χ1) is 16.5. The molecule has 0 aromatic heterocycles. The molecule has 1 saturated heterocycles. The Balaban J connectivity index is 1.28. The lowest BCUT2D eigenvalue weighted by Crippen LogP contribution is -2.32. The maximum atomic E-state index is 12.5. The monoisotopic (exact) mass is 475 g/mol. The minimum atomic E-state index is -0.135. The van der Waals surface area contributed by atoms with E-state index in [1.54, 1.807) is 24.3 Å². The van der Waals surface area contributed by atoms with Crippen LogP contribution in [0.4, 0.5) is 5.69 Å². The number of benzene rings is 3. The second-order valence-electron chi connectivity index (χ2n) is 8.86. The molecule has 0 spiro atoms. The van der Waals surface area contributed by atoms with E-state index >= 15 is 0 Å². The average molecular weight is 476 g/mol. The molecule has 6 heteroatoms. The normalized spacial score (nSPS) is 14.5. The van der Waals surface area contributed by atoms with Gasteiger partial charge in [0.25, 0.3) is 5.91 Å². The quantitative estimate of drug-likeness (QED) is 0.467. The number of nitrogens with zero attached hydrogens (tertiary/aromatic N) is 1. The van der Waals surface area contributed by atoms with Gasteiger partial charge in [-0.15, -0.1) is 0 Å². The maximum absolute atomic E-state index is 12.5. The van der Waals surface area contributed by atoms with Crippen LogP contribution in [-0.2, 0) is 17.9 Å². The molecule has 0 unspecified atom stereocenters. The number of rotatable bonds is 7. The van der Waals surface area contributed by atoms with Crippen LogP contribution in [0.2, 0.25) is 5.02 Å². The number of anilines is 1. The predicted octanol–water partition coefficient (Wildman–Crippen LogP) is 5.61. The Morgan fingerprint density at radius 2 is 1.65 bits per heavy atom. The molecule has 1 aliphatic rings. The minimum absolute atomic E-state index is 0.129. The first-order valence-corrected chi connectivity index (χ1v) is 12.1. The third-order valence-electron chi connectivity index (χ3n) is 6.25. The standard InChI is InChI=1S/C28H30ClN3O2/c1-20(33)31-27-11-7-24(8-12-27)28(34)30-18-22-3-2-4-25(17-22)23-13-15-32(16-14-23)19-21-5-9-26(29)10-6-21/h2-12,17,23H,13-16,18-19H2,1H3,(H,30,34)(H,31,33). The van der Waals surface area contributed by atoms with E-state index in [-0.39, 0.29) is 11.8 Å². The highest BCUT2D eigenvalue weighted by atomic mass is 35.5. The van der Waals surface area contributed by atoms with Gasteiger partial charge in [0.2, 0.25) is 5.91 Å². The maximum Gasteiger partial charge on any atom is 0.251 e. The van der Waals surface area contributed by atoms with Gasteiger partial charge < -0.3 is 10.6 Å². The highest BCUT2D eigenvalue weighted by molar-refractivity contribution is 6.30. The van der Waals surface area contributed by atoms with Crippen LogP contribution in [0.1, 0.15) is 52.7 Å². The number of piperidine rings is 1. The summed E-state index contributed by atoms with van der Waals surface area (Å²) in [4.78, 5) is 26.2. The summed E-state index contributed by atoms with van der Waals surface area (Å²) in [6, 6.07) is 23.6. The summed E-state index contributed by atoms with van der Waals surface area (Å²) >= 11 is 6.00. The van der Waals surface area contributed by atoms with Crippen LogP contribution in [0.15, 0.2) is 72.8 Å². The first kappa shape index (κ1) is 24.0. The van der Waals surface area contributed by atoms with Crippen molar-refractivity contribution in [3.63, 3.8) is 0 Å². The molecule has 0 aliphatic carbocycles. The molecular formula is C28H30ClN3O2. The lowest BCUT2D eigenvalue weighted by Gasteiger charge is -2.32. The van der Waals surface area contributed by atoms with E-state index in [9.17, 15) is 9.59 Å². The summed E-state index contributed by atoms with van der Waals surface area (Å²) < 4.78 is 0. The zero-order chi connectivity index (χ0) is 23.9. The van der Waals surface area contributed by atoms with Crippen molar-refractivity contribution in [3.05, 3.63) is 100 Å². The van der Waals surface area contributed by atoms with E-state index < -0.39 is 0 Å². The summed E-state index contributed by atoms with van der Waals surface area (Å²) in [5.74, 6) is 0.276. The topological polar surface area (TPSA) is 61.4 Å². The van der Waals surface area contributed by atoms with Crippen molar-refractivity contribution in [2.45, 2.75) is 38.8 Å². The first-order valence-electron chi connectivity index (χ1n) is 11.7. The molecule has 1 fully saturated rings. The van der Waals surface area contributed by atoms with Crippen LogP contribution in [0.25, 0.3) is 0 Å². The number of likely N-dealkylation sites (tertiary alicyclic amines) is 1. The number of hydrogen-bond acceptors (Lipinski definition) is 3. The van der Waals surface area contributed by atoms with Crippen LogP contribution < -0.4 is 10.6 Å². The molecule has 4 rings (SSSR count). The van der Waals surface area contributed by atoms with Crippen LogP contribution in [0.5, 0.6) is 0 Å². The Kier molecular flexibility index (Phi) is 7.99. The fraction of sp³-hybridized carbons (Fsp3) is 0.286. The second-order valence-corrected chi connectivity index (χ2v) is 9.30. The van der Waals surface area contributed by atoms with Crippen molar-refractivity contribution < 1.29 is 9.59 Å². The van der Waals surface area contributed by atoms with Gasteiger partial charge in [-0.05, 0) is 84.9 Å². The van der Waals surface area contributed by atoms with Crippen LogP contribution in [-0.4, -0.2) is 29.8 Å². The molecule has 34 heavy (non-hydrogen) atoms. The Morgan fingerprint density at radius 1 is 0.941 bits per heavy atom. The lowest BCUT2D eigenvalue weighted by molar-refractivity contribution is -0.114. The van der Waals surface area contributed by atoms with Gasteiger partial charge >= 0.3 is 0 Å². The third-order valence-corrected chi connectivity index (χ3v) is 6.50. The molecule has 1 aliphatic heterocycles. The Hall–Kier alpha value is -3.15. The van der Waals surface area contributed by atoms with Gasteiger partial charge in [0.15, 0.2) is 0 Å². The highest BCUT2D eigenvalue weighted by Crippen LogP contribution is 2.29. The average Bonchev–Trinajstić information content (AvgIpc) is 2.85.